The van der Waals surface area contributed by atoms with Crippen LogP contribution >= 0.6 is 0 Å². The van der Waals surface area contributed by atoms with Crippen molar-refractivity contribution in [2.75, 3.05) is 27.0 Å². The minimum absolute atomic E-state index is 0.180. The number of alkyl carbamates (subject to hydrolysis) is 1. The van der Waals surface area contributed by atoms with Gasteiger partial charge < -0.3 is 19.5 Å². The van der Waals surface area contributed by atoms with Gasteiger partial charge in [-0.1, -0.05) is 0 Å². The Kier molecular flexibility index (Phi) is 6.91. The third kappa shape index (κ3) is 7.29. The smallest absolute Gasteiger partial charge is 0.408 e. The number of methoxy groups -OCH3 is 1. The maximum atomic E-state index is 11.8. The van der Waals surface area contributed by atoms with Crippen molar-refractivity contribution in [3.8, 4) is 0 Å². The van der Waals surface area contributed by atoms with Gasteiger partial charge in [-0.3, -0.25) is 5.32 Å². The molecular weight excluding hydrogens is 276 g/mol. The minimum Gasteiger partial charge on any atom is -0.467 e. The van der Waals surface area contributed by atoms with Crippen LogP contribution in [0.2, 0.25) is 0 Å². The third-order valence-corrected chi connectivity index (χ3v) is 3.03. The molecule has 0 aromatic heterocycles. The quantitative estimate of drug-likeness (QED) is 0.754. The number of hydrogen-bond acceptors (Lipinski definition) is 6. The number of ether oxygens (including phenoxy) is 3. The second-order valence-corrected chi connectivity index (χ2v) is 6.13. The van der Waals surface area contributed by atoms with Crippen molar-refractivity contribution in [2.24, 2.45) is 5.92 Å². The fourth-order valence-corrected chi connectivity index (χ4v) is 2.08. The SMILES string of the molecule is COC(=O)[C@H](C[C@@H]1CCNCOC1)NC(=O)OC(C)(C)C. The molecule has 2 N–H and O–H groups in total. The van der Waals surface area contributed by atoms with Gasteiger partial charge in [0.1, 0.15) is 11.6 Å². The second-order valence-electron chi connectivity index (χ2n) is 6.13. The number of amides is 1. The molecule has 1 amide bonds. The molecule has 1 heterocycles. The Balaban J connectivity index is 2.58. The molecule has 0 radical (unpaired) electrons. The Morgan fingerprint density at radius 2 is 2.14 bits per heavy atom. The summed E-state index contributed by atoms with van der Waals surface area (Å²) in [4.78, 5) is 23.6. The van der Waals surface area contributed by atoms with Crippen LogP contribution < -0.4 is 10.6 Å². The molecule has 122 valence electrons. The molecule has 0 aliphatic carbocycles. The predicted octanol–water partition coefficient (Wildman–Crippen LogP) is 1.03. The molecule has 1 fully saturated rings. The number of hydrogen-bond donors (Lipinski definition) is 2. The molecule has 1 aliphatic rings. The van der Waals surface area contributed by atoms with Crippen LogP contribution in [0.25, 0.3) is 0 Å². The summed E-state index contributed by atoms with van der Waals surface area (Å²) >= 11 is 0. The van der Waals surface area contributed by atoms with E-state index in [2.05, 4.69) is 10.6 Å². The van der Waals surface area contributed by atoms with Gasteiger partial charge in [0.2, 0.25) is 0 Å². The van der Waals surface area contributed by atoms with Crippen LogP contribution in [0.5, 0.6) is 0 Å². The van der Waals surface area contributed by atoms with Crippen molar-refractivity contribution in [1.82, 2.24) is 10.6 Å². The summed E-state index contributed by atoms with van der Waals surface area (Å²) in [6, 6.07) is -0.725. The number of carbonyl (C=O) groups excluding carboxylic acids is 2. The first-order valence-electron chi connectivity index (χ1n) is 7.17. The molecule has 0 saturated carbocycles. The Morgan fingerprint density at radius 1 is 1.43 bits per heavy atom. The minimum atomic E-state index is -0.725. The third-order valence-electron chi connectivity index (χ3n) is 3.03. The first-order valence-corrected chi connectivity index (χ1v) is 7.17. The van der Waals surface area contributed by atoms with E-state index in [-0.39, 0.29) is 5.92 Å². The standard InChI is InChI=1S/C14H26N2O5/c1-14(2,3)21-13(18)16-11(12(17)19-4)7-10-5-6-15-9-20-8-10/h10-11,15H,5-9H2,1-4H3,(H,16,18)/t10-,11-/m0/s1. The van der Waals surface area contributed by atoms with Gasteiger partial charge in [0.15, 0.2) is 0 Å². The first-order chi connectivity index (χ1) is 9.81. The van der Waals surface area contributed by atoms with E-state index in [0.717, 1.165) is 13.0 Å². The van der Waals surface area contributed by atoms with Gasteiger partial charge in [-0.2, -0.15) is 0 Å². The zero-order valence-corrected chi connectivity index (χ0v) is 13.2. The van der Waals surface area contributed by atoms with E-state index in [0.29, 0.717) is 19.8 Å². The average Bonchev–Trinajstić information content (AvgIpc) is 2.63. The van der Waals surface area contributed by atoms with Gasteiger partial charge in [-0.25, -0.2) is 9.59 Å². The van der Waals surface area contributed by atoms with Gasteiger partial charge in [-0.15, -0.1) is 0 Å². The summed E-state index contributed by atoms with van der Waals surface area (Å²) in [5, 5.41) is 5.70. The fraction of sp³-hybridized carbons (Fsp3) is 0.857. The highest BCUT2D eigenvalue weighted by atomic mass is 16.6. The van der Waals surface area contributed by atoms with E-state index >= 15 is 0 Å². The number of nitrogens with one attached hydrogen (secondary N) is 2. The molecule has 0 spiro atoms. The maximum Gasteiger partial charge on any atom is 0.408 e. The summed E-state index contributed by atoms with van der Waals surface area (Å²) in [6.45, 7) is 7.19. The van der Waals surface area contributed by atoms with Crippen molar-refractivity contribution >= 4 is 12.1 Å². The predicted molar refractivity (Wildman–Crippen MR) is 76.7 cm³/mol. The van der Waals surface area contributed by atoms with Crippen LogP contribution in [0, 0.1) is 5.92 Å². The van der Waals surface area contributed by atoms with Gasteiger partial charge in [0.05, 0.1) is 20.4 Å². The summed E-state index contributed by atoms with van der Waals surface area (Å²) in [5.41, 5.74) is -0.611. The lowest BCUT2D eigenvalue weighted by molar-refractivity contribution is -0.143. The van der Waals surface area contributed by atoms with Gasteiger partial charge in [-0.05, 0) is 46.1 Å². The van der Waals surface area contributed by atoms with Crippen molar-refractivity contribution in [3.05, 3.63) is 0 Å². The summed E-state index contributed by atoms with van der Waals surface area (Å²) in [5.74, 6) is -0.294. The number of carbonyl (C=O) groups is 2. The van der Waals surface area contributed by atoms with E-state index in [4.69, 9.17) is 14.2 Å². The Hall–Kier alpha value is -1.34. The fourth-order valence-electron chi connectivity index (χ4n) is 2.08. The van der Waals surface area contributed by atoms with Crippen LogP contribution in [0.1, 0.15) is 33.6 Å². The molecule has 0 unspecified atom stereocenters. The monoisotopic (exact) mass is 302 g/mol. The number of esters is 1. The van der Waals surface area contributed by atoms with Crippen LogP contribution in [0.15, 0.2) is 0 Å². The topological polar surface area (TPSA) is 85.9 Å². The largest absolute Gasteiger partial charge is 0.467 e. The highest BCUT2D eigenvalue weighted by Gasteiger charge is 2.28. The lowest BCUT2D eigenvalue weighted by Gasteiger charge is -2.24. The lowest BCUT2D eigenvalue weighted by Crippen LogP contribution is -2.45. The molecule has 0 aromatic rings. The average molecular weight is 302 g/mol. The molecular formula is C14H26N2O5. The number of rotatable bonds is 4. The van der Waals surface area contributed by atoms with Crippen molar-refractivity contribution in [1.29, 1.82) is 0 Å². The Bertz CT molecular complexity index is 346. The molecule has 0 aromatic carbocycles. The van der Waals surface area contributed by atoms with Gasteiger partial charge in [0, 0.05) is 0 Å². The first kappa shape index (κ1) is 17.7. The van der Waals surface area contributed by atoms with Gasteiger partial charge >= 0.3 is 12.1 Å². The maximum absolute atomic E-state index is 11.8. The summed E-state index contributed by atoms with van der Waals surface area (Å²) in [6.07, 6.45) is 0.724. The summed E-state index contributed by atoms with van der Waals surface area (Å²) < 4.78 is 15.3. The molecule has 0 bridgehead atoms. The normalized spacial score (nSPS) is 21.0. The molecule has 21 heavy (non-hydrogen) atoms. The van der Waals surface area contributed by atoms with Crippen molar-refractivity contribution in [2.45, 2.75) is 45.3 Å². The molecule has 1 saturated heterocycles. The molecule has 2 atom stereocenters. The van der Waals surface area contributed by atoms with Crippen molar-refractivity contribution in [3.63, 3.8) is 0 Å². The van der Waals surface area contributed by atoms with Crippen LogP contribution in [-0.2, 0) is 19.0 Å². The van der Waals surface area contributed by atoms with E-state index in [1.54, 1.807) is 20.8 Å². The second kappa shape index (κ2) is 8.19. The van der Waals surface area contributed by atoms with Crippen LogP contribution in [0.4, 0.5) is 4.79 Å². The Morgan fingerprint density at radius 3 is 2.76 bits per heavy atom. The Labute approximate surface area is 125 Å². The molecule has 7 heteroatoms. The molecule has 1 aliphatic heterocycles. The van der Waals surface area contributed by atoms with E-state index in [1.807, 2.05) is 0 Å². The van der Waals surface area contributed by atoms with E-state index in [1.165, 1.54) is 7.11 Å². The van der Waals surface area contributed by atoms with Crippen LogP contribution in [0.3, 0.4) is 0 Å². The van der Waals surface area contributed by atoms with Gasteiger partial charge in [0.25, 0.3) is 0 Å². The summed E-state index contributed by atoms with van der Waals surface area (Å²) in [7, 11) is 1.30. The lowest BCUT2D eigenvalue weighted by atomic mass is 9.97. The zero-order chi connectivity index (χ0) is 15.9. The van der Waals surface area contributed by atoms with E-state index in [9.17, 15) is 9.59 Å². The highest BCUT2D eigenvalue weighted by Crippen LogP contribution is 2.15. The van der Waals surface area contributed by atoms with E-state index < -0.39 is 23.7 Å². The molecule has 7 nitrogen and oxygen atoms in total. The van der Waals surface area contributed by atoms with Crippen LogP contribution in [-0.4, -0.2) is 50.7 Å². The highest BCUT2D eigenvalue weighted by molar-refractivity contribution is 5.81. The zero-order valence-electron chi connectivity index (χ0n) is 13.2. The van der Waals surface area contributed by atoms with Crippen molar-refractivity contribution < 1.29 is 23.8 Å². The molecule has 1 rings (SSSR count).